The molecule has 3 rings (SSSR count). The Morgan fingerprint density at radius 1 is 1.37 bits per heavy atom. The smallest absolute Gasteiger partial charge is 0.123 e. The Labute approximate surface area is 123 Å². The lowest BCUT2D eigenvalue weighted by Crippen LogP contribution is -2.58. The Hall–Kier alpha value is -0.540. The summed E-state index contributed by atoms with van der Waals surface area (Å²) in [6, 6.07) is 6.36. The van der Waals surface area contributed by atoms with Crippen molar-refractivity contribution >= 4 is 15.9 Å². The highest BCUT2D eigenvalue weighted by Gasteiger charge is 2.54. The highest BCUT2D eigenvalue weighted by molar-refractivity contribution is 9.10. The number of hydrogen-bond donors (Lipinski definition) is 0. The Balaban J connectivity index is 1.99. The summed E-state index contributed by atoms with van der Waals surface area (Å²) in [5.74, 6) is 2.19. The summed E-state index contributed by atoms with van der Waals surface area (Å²) in [6.07, 6.45) is 1.38. The second kappa shape index (κ2) is 4.78. The predicted molar refractivity (Wildman–Crippen MR) is 79.7 cm³/mol. The third-order valence-electron chi connectivity index (χ3n) is 4.64. The molecule has 2 aliphatic rings. The lowest BCUT2D eigenvalue weighted by atomic mass is 9.64. The van der Waals surface area contributed by atoms with Crippen LogP contribution in [0.15, 0.2) is 22.7 Å². The molecule has 2 aliphatic heterocycles. The van der Waals surface area contributed by atoms with Gasteiger partial charge >= 0.3 is 0 Å². The van der Waals surface area contributed by atoms with Crippen molar-refractivity contribution in [2.75, 3.05) is 13.2 Å². The highest BCUT2D eigenvalue weighted by Crippen LogP contribution is 2.53. The van der Waals surface area contributed by atoms with Crippen LogP contribution in [0.4, 0.5) is 0 Å². The molecule has 2 nitrogen and oxygen atoms in total. The first-order valence-corrected chi connectivity index (χ1v) is 7.86. The molecular weight excluding hydrogens is 304 g/mol. The quantitative estimate of drug-likeness (QED) is 0.803. The Bertz CT molecular complexity index is 480. The molecule has 1 saturated heterocycles. The van der Waals surface area contributed by atoms with E-state index in [2.05, 4.69) is 54.9 Å². The molecule has 19 heavy (non-hydrogen) atoms. The maximum absolute atomic E-state index is 6.33. The van der Waals surface area contributed by atoms with E-state index in [0.29, 0.717) is 11.8 Å². The summed E-state index contributed by atoms with van der Waals surface area (Å²) < 4.78 is 13.0. The van der Waals surface area contributed by atoms with Crippen LogP contribution in [0.1, 0.15) is 38.7 Å². The van der Waals surface area contributed by atoms with Crippen LogP contribution in [0.2, 0.25) is 0 Å². The number of fused-ring (bicyclic) bond motifs is 1. The van der Waals surface area contributed by atoms with Gasteiger partial charge in [-0.25, -0.2) is 0 Å². The maximum Gasteiger partial charge on any atom is 0.123 e. The first kappa shape index (κ1) is 13.4. The Morgan fingerprint density at radius 2 is 2.11 bits per heavy atom. The molecule has 0 amide bonds. The van der Waals surface area contributed by atoms with Gasteiger partial charge in [-0.15, -0.1) is 0 Å². The van der Waals surface area contributed by atoms with Crippen LogP contribution in [-0.2, 0) is 4.74 Å². The van der Waals surface area contributed by atoms with Crippen molar-refractivity contribution in [3.8, 4) is 5.75 Å². The molecule has 1 aromatic rings. The van der Waals surface area contributed by atoms with E-state index in [9.17, 15) is 0 Å². The lowest BCUT2D eigenvalue weighted by molar-refractivity contribution is -0.187. The zero-order valence-electron chi connectivity index (χ0n) is 11.8. The molecule has 0 saturated carbocycles. The van der Waals surface area contributed by atoms with Gasteiger partial charge in [0.2, 0.25) is 0 Å². The van der Waals surface area contributed by atoms with Crippen LogP contribution in [-0.4, -0.2) is 19.3 Å². The molecule has 104 valence electrons. The molecule has 0 aliphatic carbocycles. The molecule has 2 atom stereocenters. The molecule has 0 bridgehead atoms. The van der Waals surface area contributed by atoms with E-state index >= 15 is 0 Å². The van der Waals surface area contributed by atoms with Gasteiger partial charge < -0.3 is 9.47 Å². The third-order valence-corrected chi connectivity index (χ3v) is 5.13. The third kappa shape index (κ3) is 2.11. The van der Waals surface area contributed by atoms with Crippen LogP contribution in [0.5, 0.6) is 5.75 Å². The first-order valence-electron chi connectivity index (χ1n) is 7.07. The molecule has 2 unspecified atom stereocenters. The lowest BCUT2D eigenvalue weighted by Gasteiger charge is -2.54. The number of halogens is 1. The fourth-order valence-electron chi connectivity index (χ4n) is 3.31. The van der Waals surface area contributed by atoms with Crippen molar-refractivity contribution in [2.24, 2.45) is 11.3 Å². The minimum Gasteiger partial charge on any atom is -0.489 e. The molecule has 2 heterocycles. The van der Waals surface area contributed by atoms with Crippen molar-refractivity contribution in [1.29, 1.82) is 0 Å². The van der Waals surface area contributed by atoms with E-state index < -0.39 is 0 Å². The van der Waals surface area contributed by atoms with Crippen molar-refractivity contribution in [2.45, 2.75) is 39.2 Å². The maximum atomic E-state index is 6.33. The molecule has 0 radical (unpaired) electrons. The summed E-state index contributed by atoms with van der Waals surface area (Å²) in [5, 5.41) is 0. The monoisotopic (exact) mass is 324 g/mol. The van der Waals surface area contributed by atoms with Crippen molar-refractivity contribution in [3.05, 3.63) is 28.2 Å². The van der Waals surface area contributed by atoms with Crippen molar-refractivity contribution < 1.29 is 9.47 Å². The minimum absolute atomic E-state index is 0.179. The number of benzene rings is 1. The van der Waals surface area contributed by atoms with Crippen LogP contribution in [0, 0.1) is 11.3 Å². The number of hydrogen-bond acceptors (Lipinski definition) is 2. The summed E-state index contributed by atoms with van der Waals surface area (Å²) in [7, 11) is 0. The van der Waals surface area contributed by atoms with Crippen LogP contribution >= 0.6 is 15.9 Å². The van der Waals surface area contributed by atoms with Gasteiger partial charge in [0.1, 0.15) is 11.9 Å². The molecule has 1 aromatic carbocycles. The fraction of sp³-hybridized carbons (Fsp3) is 0.625. The van der Waals surface area contributed by atoms with Crippen molar-refractivity contribution in [3.63, 3.8) is 0 Å². The van der Waals surface area contributed by atoms with E-state index in [4.69, 9.17) is 9.47 Å². The predicted octanol–water partition coefficient (Wildman–Crippen LogP) is 4.38. The van der Waals surface area contributed by atoms with Gasteiger partial charge in [0.25, 0.3) is 0 Å². The Morgan fingerprint density at radius 3 is 2.68 bits per heavy atom. The second-order valence-corrected chi connectivity index (χ2v) is 7.28. The van der Waals surface area contributed by atoms with Crippen LogP contribution in [0.3, 0.4) is 0 Å². The average molecular weight is 325 g/mol. The summed E-state index contributed by atoms with van der Waals surface area (Å²) in [6.45, 7) is 8.51. The average Bonchev–Trinajstić information content (AvgIpc) is 2.28. The van der Waals surface area contributed by atoms with Crippen LogP contribution < -0.4 is 4.74 Å². The number of rotatable bonds is 2. The SMILES string of the molecule is CC(C)CC1Oc2ccc(Br)cc2C(C)C12COC2. The molecule has 1 fully saturated rings. The standard InChI is InChI=1S/C16H21BrO2/c1-10(2)6-15-16(8-18-9-16)11(3)13-7-12(17)4-5-14(13)19-15/h4-5,7,10-11,15H,6,8-9H2,1-3H3. The Kier molecular flexibility index (Phi) is 3.38. The van der Waals surface area contributed by atoms with E-state index in [1.807, 2.05) is 0 Å². The first-order chi connectivity index (χ1) is 9.03. The van der Waals surface area contributed by atoms with Crippen LogP contribution in [0.25, 0.3) is 0 Å². The van der Waals surface area contributed by atoms with Gasteiger partial charge in [0.15, 0.2) is 0 Å². The van der Waals surface area contributed by atoms with E-state index in [1.165, 1.54) is 5.56 Å². The molecule has 1 spiro atoms. The normalized spacial score (nSPS) is 27.8. The van der Waals surface area contributed by atoms with E-state index in [0.717, 1.165) is 29.9 Å². The summed E-state index contributed by atoms with van der Waals surface area (Å²) in [4.78, 5) is 0. The summed E-state index contributed by atoms with van der Waals surface area (Å²) >= 11 is 3.56. The van der Waals surface area contributed by atoms with Gasteiger partial charge in [0.05, 0.1) is 18.6 Å². The van der Waals surface area contributed by atoms with Gasteiger partial charge in [-0.05, 0) is 42.0 Å². The van der Waals surface area contributed by atoms with Gasteiger partial charge in [-0.1, -0.05) is 36.7 Å². The van der Waals surface area contributed by atoms with E-state index in [1.54, 1.807) is 0 Å². The second-order valence-electron chi connectivity index (χ2n) is 6.37. The van der Waals surface area contributed by atoms with Gasteiger partial charge in [-0.2, -0.15) is 0 Å². The fourth-order valence-corrected chi connectivity index (χ4v) is 3.69. The van der Waals surface area contributed by atoms with Crippen molar-refractivity contribution in [1.82, 2.24) is 0 Å². The van der Waals surface area contributed by atoms with E-state index in [-0.39, 0.29) is 11.5 Å². The molecular formula is C16H21BrO2. The molecule has 0 N–H and O–H groups in total. The molecule has 3 heteroatoms. The van der Waals surface area contributed by atoms with Gasteiger partial charge in [0, 0.05) is 4.47 Å². The minimum atomic E-state index is 0.179. The zero-order valence-corrected chi connectivity index (χ0v) is 13.4. The van der Waals surface area contributed by atoms with Gasteiger partial charge in [-0.3, -0.25) is 0 Å². The summed E-state index contributed by atoms with van der Waals surface area (Å²) in [5.41, 5.74) is 1.50. The largest absolute Gasteiger partial charge is 0.489 e. The number of ether oxygens (including phenoxy) is 2. The topological polar surface area (TPSA) is 18.5 Å². The highest BCUT2D eigenvalue weighted by atomic mass is 79.9. The zero-order chi connectivity index (χ0) is 13.6. The molecule has 0 aromatic heterocycles.